The third-order valence-corrected chi connectivity index (χ3v) is 16.4. The molecular weight excluding hydrogens is 1060 g/mol. The summed E-state index contributed by atoms with van der Waals surface area (Å²) in [5, 5.41) is 23.4. The molecule has 7 aromatic rings. The van der Waals surface area contributed by atoms with Crippen LogP contribution < -0.4 is 20.1 Å². The van der Waals surface area contributed by atoms with E-state index < -0.39 is 53.6 Å². The smallest absolute Gasteiger partial charge is 0.310 e. The number of hydrogen-bond donors (Lipinski definition) is 4. The second-order valence-electron chi connectivity index (χ2n) is 17.8. The number of allylic oxidation sites excluding steroid dienone is 2. The molecule has 398 valence electrons. The van der Waals surface area contributed by atoms with Crippen LogP contribution in [0.1, 0.15) is 56.9 Å². The highest BCUT2D eigenvalue weighted by Gasteiger charge is 2.27. The van der Waals surface area contributed by atoms with Crippen LogP contribution >= 0.6 is 23.1 Å². The molecule has 2 amide bonds. The maximum Gasteiger partial charge on any atom is 0.310 e. The van der Waals surface area contributed by atoms with Gasteiger partial charge in [-0.05, 0) is 139 Å². The lowest BCUT2D eigenvalue weighted by molar-refractivity contribution is -0.669. The standard InChI is InChI=1S/C57H56N6O10S4/c1-2-39(35-52-62(48-37-42(19-29-50(48)74-52)40-15-7-3-8-16-40)31-11-5-13-33-72-54(58)56(64)60-44-21-25-46(26-22-44)76(66,67)68)36-53-63(49-38-43(20-30-51(49)75-53)41-17-9-4-10-18-41)32-12-6-14-34-73-55(59)57(65)61-45-23-27-47(28-24-45)77(69,70)71/h3-4,7-10,15-30,35-38,58-59H,2,5-6,11-14,31-34H2,1H3,(H3-,60,61,64,65,66,67,68,69,70,71)/p-1. The normalized spacial score (nSPS) is 13.1. The summed E-state index contributed by atoms with van der Waals surface area (Å²) in [7, 11) is -9.27. The first-order chi connectivity index (χ1) is 37.0. The van der Waals surface area contributed by atoms with Gasteiger partial charge in [0.15, 0.2) is 6.54 Å². The van der Waals surface area contributed by atoms with E-state index in [0.29, 0.717) is 25.9 Å². The van der Waals surface area contributed by atoms with E-state index in [-0.39, 0.29) is 24.6 Å². The van der Waals surface area contributed by atoms with E-state index in [1.807, 2.05) is 36.4 Å². The fourth-order valence-electron chi connectivity index (χ4n) is 8.42. The first-order valence-electron chi connectivity index (χ1n) is 24.8. The van der Waals surface area contributed by atoms with Crippen LogP contribution in [0.3, 0.4) is 0 Å². The molecule has 1 aromatic heterocycles. The second-order valence-corrected chi connectivity index (χ2v) is 22.7. The molecule has 1 aliphatic rings. The van der Waals surface area contributed by atoms with Gasteiger partial charge in [-0.15, -0.1) is 0 Å². The maximum absolute atomic E-state index is 12.6. The van der Waals surface area contributed by atoms with Gasteiger partial charge in [0, 0.05) is 41.4 Å². The predicted molar refractivity (Wildman–Crippen MR) is 300 cm³/mol. The number of ether oxygens (including phenoxy) is 2. The summed E-state index contributed by atoms with van der Waals surface area (Å²) < 4.78 is 82.0. The predicted octanol–water partition coefficient (Wildman–Crippen LogP) is 11.2. The molecule has 0 saturated carbocycles. The number of carbonyl (C=O) groups excluding carboxylic acids is 2. The van der Waals surface area contributed by atoms with E-state index in [4.69, 9.17) is 20.3 Å². The lowest BCUT2D eigenvalue weighted by atomic mass is 10.0. The Hall–Kier alpha value is -7.46. The van der Waals surface area contributed by atoms with Gasteiger partial charge in [0.25, 0.3) is 16.8 Å². The molecule has 0 bridgehead atoms. The zero-order chi connectivity index (χ0) is 54.5. The van der Waals surface area contributed by atoms with Gasteiger partial charge < -0.3 is 34.1 Å². The van der Waals surface area contributed by atoms with Crippen LogP contribution in [0.4, 0.5) is 17.1 Å². The van der Waals surface area contributed by atoms with Gasteiger partial charge in [0.1, 0.15) is 24.9 Å². The molecule has 77 heavy (non-hydrogen) atoms. The minimum absolute atomic E-state index is 0.148. The molecule has 8 rings (SSSR count). The van der Waals surface area contributed by atoms with Crippen LogP contribution in [-0.2, 0) is 45.8 Å². The number of thioether (sulfide) groups is 1. The Morgan fingerprint density at radius 2 is 1.16 bits per heavy atom. The zero-order valence-corrected chi connectivity index (χ0v) is 45.2. The van der Waals surface area contributed by atoms with Gasteiger partial charge in [-0.3, -0.25) is 20.4 Å². The quantitative estimate of drug-likeness (QED) is 0.0173. The molecule has 0 radical (unpaired) electrons. The Labute approximate surface area is 456 Å². The molecule has 0 spiro atoms. The van der Waals surface area contributed by atoms with Gasteiger partial charge in [-0.1, -0.05) is 103 Å². The highest BCUT2D eigenvalue weighted by molar-refractivity contribution is 8.03. The van der Waals surface area contributed by atoms with Crippen molar-refractivity contribution in [3.8, 4) is 22.3 Å². The number of fused-ring (bicyclic) bond motifs is 2. The number of unbranched alkanes of at least 4 members (excludes halogenated alkanes) is 4. The minimum atomic E-state index is -4.63. The fraction of sp³-hybridized carbons (Fsp3) is 0.211. The van der Waals surface area contributed by atoms with Crippen molar-refractivity contribution in [3.63, 3.8) is 0 Å². The summed E-state index contributed by atoms with van der Waals surface area (Å²) in [6.45, 7) is 3.87. The number of thiazole rings is 1. The van der Waals surface area contributed by atoms with Gasteiger partial charge >= 0.3 is 11.8 Å². The molecule has 6 aromatic carbocycles. The number of aryl methyl sites for hydroxylation is 1. The molecule has 4 N–H and O–H groups in total. The van der Waals surface area contributed by atoms with Crippen molar-refractivity contribution in [1.29, 1.82) is 10.8 Å². The van der Waals surface area contributed by atoms with Crippen molar-refractivity contribution < 1.29 is 49.6 Å². The third-order valence-electron chi connectivity index (χ3n) is 12.5. The van der Waals surface area contributed by atoms with E-state index >= 15 is 0 Å². The number of anilines is 3. The highest BCUT2D eigenvalue weighted by Crippen LogP contribution is 2.48. The van der Waals surface area contributed by atoms with Crippen molar-refractivity contribution in [2.45, 2.75) is 73.1 Å². The van der Waals surface area contributed by atoms with Crippen LogP contribution in [-0.4, -0.2) is 69.3 Å². The van der Waals surface area contributed by atoms with Crippen molar-refractivity contribution in [1.82, 2.24) is 0 Å². The number of rotatable bonds is 21. The van der Waals surface area contributed by atoms with Crippen molar-refractivity contribution >= 4 is 100 Å². The Morgan fingerprint density at radius 3 is 1.69 bits per heavy atom. The lowest BCUT2D eigenvalue weighted by Crippen LogP contribution is -2.35. The average molecular weight is 1110 g/mol. The molecule has 0 unspecified atom stereocenters. The topological polar surface area (TPSA) is 246 Å². The molecule has 0 fully saturated rings. The molecule has 16 nitrogen and oxygen atoms in total. The van der Waals surface area contributed by atoms with Gasteiger partial charge in [-0.2, -0.15) is 4.57 Å². The fourth-order valence-corrected chi connectivity index (χ4v) is 11.7. The van der Waals surface area contributed by atoms with Crippen LogP contribution in [0.15, 0.2) is 177 Å². The Kier molecular flexibility index (Phi) is 18.5. The summed E-state index contributed by atoms with van der Waals surface area (Å²) in [4.78, 5) is 27.9. The number of benzene rings is 6. The number of amides is 2. The second kappa shape index (κ2) is 25.6. The third kappa shape index (κ3) is 14.9. The number of aromatic nitrogens is 1. The molecule has 0 saturated heterocycles. The van der Waals surface area contributed by atoms with Gasteiger partial charge in [-0.25, -0.2) is 16.8 Å². The SMILES string of the molecule is CCC(=Cc1sc2ccc(-c3ccccc3)cc2[n+]1CCCCCOC(=N)C(=O)Nc1ccc(S(=O)(=O)[O-])cc1)C=C1Sc2ccc(-c3ccccc3)cc2N1CCCCCOC(=N)C(=O)Nc1ccc(S(=O)(=O)[O-])cc1. The first kappa shape index (κ1) is 55.8. The van der Waals surface area contributed by atoms with Crippen molar-refractivity contribution in [2.75, 3.05) is 35.3 Å². The van der Waals surface area contributed by atoms with E-state index in [0.717, 1.165) is 115 Å². The van der Waals surface area contributed by atoms with Crippen LogP contribution in [0, 0.1) is 10.8 Å². The average Bonchev–Trinajstić information content (AvgIpc) is 3.96. The van der Waals surface area contributed by atoms with E-state index in [1.165, 1.54) is 24.3 Å². The van der Waals surface area contributed by atoms with Crippen LogP contribution in [0.25, 0.3) is 38.5 Å². The van der Waals surface area contributed by atoms with E-state index in [1.54, 1.807) is 23.1 Å². The Bertz CT molecular complexity index is 3570. The minimum Gasteiger partial charge on any atom is -0.744 e. The molecule has 0 atom stereocenters. The summed E-state index contributed by atoms with van der Waals surface area (Å²) in [5.74, 6) is -2.75. The van der Waals surface area contributed by atoms with Crippen LogP contribution in [0.5, 0.6) is 0 Å². The summed E-state index contributed by atoms with van der Waals surface area (Å²) >= 11 is 3.47. The number of hydrogen-bond acceptors (Lipinski definition) is 15. The zero-order valence-electron chi connectivity index (χ0n) is 41.9. The van der Waals surface area contributed by atoms with E-state index in [9.17, 15) is 35.5 Å². The maximum atomic E-state index is 12.6. The number of carbonyl (C=O) groups is 2. The van der Waals surface area contributed by atoms with Gasteiger partial charge in [0.2, 0.25) is 5.52 Å². The first-order valence-corrected chi connectivity index (χ1v) is 29.3. The molecule has 20 heteroatoms. The summed E-state index contributed by atoms with van der Waals surface area (Å²) in [6, 6.07) is 43.1. The molecule has 1 aliphatic heterocycles. The molecule has 2 heterocycles. The number of nitrogens with one attached hydrogen (secondary N) is 4. The van der Waals surface area contributed by atoms with Crippen molar-refractivity contribution in [3.05, 3.63) is 167 Å². The monoisotopic (exact) mass is 1110 g/mol. The summed E-state index contributed by atoms with van der Waals surface area (Å²) in [6.07, 6.45) is 9.61. The Morgan fingerprint density at radius 1 is 0.636 bits per heavy atom. The number of nitrogens with zero attached hydrogens (tertiary/aromatic N) is 2. The Balaban J connectivity index is 0.949. The summed E-state index contributed by atoms with van der Waals surface area (Å²) in [5.41, 5.74) is 8.27. The van der Waals surface area contributed by atoms with Crippen molar-refractivity contribution in [2.24, 2.45) is 0 Å². The van der Waals surface area contributed by atoms with Gasteiger partial charge in [0.05, 0.1) is 33.7 Å². The van der Waals surface area contributed by atoms with E-state index in [2.05, 4.69) is 99.8 Å². The molecular formula is C57H55N6O10S4-. The largest absolute Gasteiger partial charge is 0.744 e. The highest BCUT2D eigenvalue weighted by atomic mass is 32.2. The van der Waals surface area contributed by atoms with Crippen LogP contribution in [0.2, 0.25) is 0 Å². The lowest BCUT2D eigenvalue weighted by Gasteiger charge is -2.21. The molecule has 0 aliphatic carbocycles.